The molecule has 19 heavy (non-hydrogen) atoms. The molecule has 0 fully saturated rings. The highest BCUT2D eigenvalue weighted by atomic mass is 31.1. The molecule has 2 heteroatoms. The molecule has 1 unspecified atom stereocenters. The molecule has 1 aromatic rings. The van der Waals surface area contributed by atoms with Gasteiger partial charge >= 0.3 is 0 Å². The van der Waals surface area contributed by atoms with E-state index in [0.29, 0.717) is 0 Å². The first-order chi connectivity index (χ1) is 8.68. The summed E-state index contributed by atoms with van der Waals surface area (Å²) in [7, 11) is -0.366. The van der Waals surface area contributed by atoms with E-state index in [9.17, 15) is 0 Å². The highest BCUT2D eigenvalue weighted by Gasteiger charge is 2.33. The van der Waals surface area contributed by atoms with E-state index in [1.54, 1.807) is 0 Å². The fourth-order valence-corrected chi connectivity index (χ4v) is 4.98. The predicted molar refractivity (Wildman–Crippen MR) is 87.7 cm³/mol. The van der Waals surface area contributed by atoms with Crippen LogP contribution in [0, 0.1) is 0 Å². The Balaban J connectivity index is 2.36. The van der Waals surface area contributed by atoms with Crippen LogP contribution in [0.25, 0.3) is 5.31 Å². The summed E-state index contributed by atoms with van der Waals surface area (Å²) in [4.78, 5) is 0. The maximum atomic E-state index is 3.88. The highest BCUT2D eigenvalue weighted by molar-refractivity contribution is 7.68. The van der Waals surface area contributed by atoms with Crippen LogP contribution in [0.5, 0.6) is 0 Å². The molecule has 0 spiro atoms. The Hall–Kier alpha value is -0.650. The van der Waals surface area contributed by atoms with Crippen LogP contribution >= 0.6 is 8.07 Å². The molecule has 0 aromatic heterocycles. The number of nitrogens with one attached hydrogen (secondary N) is 1. The molecule has 0 aliphatic heterocycles. The normalized spacial score (nSPS) is 17.1. The number of rotatable bonds is 2. The Labute approximate surface area is 119 Å². The van der Waals surface area contributed by atoms with Crippen molar-refractivity contribution in [2.45, 2.75) is 58.7 Å². The topological polar surface area (TPSA) is 12.0 Å². The number of allylic oxidation sites excluding steroid dienone is 1. The Morgan fingerprint density at radius 2 is 1.63 bits per heavy atom. The minimum atomic E-state index is -0.366. The summed E-state index contributed by atoms with van der Waals surface area (Å²) in [5.74, 6) is 0. The lowest BCUT2D eigenvalue weighted by molar-refractivity contribution is 0.523. The van der Waals surface area contributed by atoms with Crippen molar-refractivity contribution >= 4 is 13.4 Å². The van der Waals surface area contributed by atoms with Crippen molar-refractivity contribution in [3.8, 4) is 0 Å². The summed E-state index contributed by atoms with van der Waals surface area (Å²) in [6.45, 7) is 13.8. The first-order valence-corrected chi connectivity index (χ1v) is 8.39. The summed E-state index contributed by atoms with van der Waals surface area (Å²) >= 11 is 0. The number of hydrogen-bond acceptors (Lipinski definition) is 1. The third-order valence-electron chi connectivity index (χ3n) is 3.17. The van der Waals surface area contributed by atoms with Crippen LogP contribution in [0.1, 0.15) is 52.7 Å². The van der Waals surface area contributed by atoms with E-state index in [1.165, 1.54) is 16.4 Å². The van der Waals surface area contributed by atoms with Crippen LogP contribution in [0.4, 0.5) is 0 Å². The van der Waals surface area contributed by atoms with Crippen LogP contribution in [-0.4, -0.2) is 10.7 Å². The predicted octanol–water partition coefficient (Wildman–Crippen LogP) is 5.17. The van der Waals surface area contributed by atoms with E-state index in [4.69, 9.17) is 0 Å². The van der Waals surface area contributed by atoms with Gasteiger partial charge in [-0.15, -0.1) is 0 Å². The van der Waals surface area contributed by atoms with Crippen LogP contribution in [0.2, 0.25) is 0 Å². The first kappa shape index (κ1) is 14.8. The molecule has 1 aliphatic carbocycles. The van der Waals surface area contributed by atoms with Gasteiger partial charge in [0.15, 0.2) is 0 Å². The monoisotopic (exact) mass is 275 g/mol. The van der Waals surface area contributed by atoms with Crippen LogP contribution < -0.4 is 5.09 Å². The third-order valence-corrected chi connectivity index (χ3v) is 6.31. The molecule has 0 saturated carbocycles. The Kier molecular flexibility index (Phi) is 3.91. The van der Waals surface area contributed by atoms with Gasteiger partial charge in [-0.2, -0.15) is 0 Å². The van der Waals surface area contributed by atoms with E-state index in [-0.39, 0.29) is 18.8 Å². The Morgan fingerprint density at radius 1 is 1.00 bits per heavy atom. The molecule has 1 atom stereocenters. The van der Waals surface area contributed by atoms with Crippen molar-refractivity contribution in [2.75, 3.05) is 0 Å². The quantitative estimate of drug-likeness (QED) is 0.734. The minimum Gasteiger partial charge on any atom is -0.287 e. The molecule has 1 aliphatic rings. The second-order valence-corrected chi connectivity index (χ2v) is 10.0. The van der Waals surface area contributed by atoms with Gasteiger partial charge in [0.25, 0.3) is 0 Å². The minimum absolute atomic E-state index is 0.150. The van der Waals surface area contributed by atoms with Gasteiger partial charge in [0.05, 0.1) is 0 Å². The molecule has 0 bridgehead atoms. The van der Waals surface area contributed by atoms with Gasteiger partial charge in [-0.05, 0) is 56.9 Å². The smallest absolute Gasteiger partial charge is 0.0136 e. The molecule has 2 rings (SSSR count). The van der Waals surface area contributed by atoms with Crippen molar-refractivity contribution in [2.24, 2.45) is 0 Å². The molecule has 1 nitrogen and oxygen atoms in total. The van der Waals surface area contributed by atoms with E-state index in [0.717, 1.165) is 6.42 Å². The summed E-state index contributed by atoms with van der Waals surface area (Å²) < 4.78 is 0. The zero-order chi connectivity index (χ0) is 14.3. The molecule has 104 valence electrons. The van der Waals surface area contributed by atoms with Gasteiger partial charge in [0.2, 0.25) is 0 Å². The summed E-state index contributed by atoms with van der Waals surface area (Å²) in [6, 6.07) is 8.84. The largest absolute Gasteiger partial charge is 0.287 e. The lowest BCUT2D eigenvalue weighted by Crippen LogP contribution is -2.36. The molecular formula is C17H26NP. The Morgan fingerprint density at radius 3 is 2.21 bits per heavy atom. The van der Waals surface area contributed by atoms with Gasteiger partial charge in [-0.25, -0.2) is 0 Å². The average molecular weight is 275 g/mol. The van der Waals surface area contributed by atoms with Gasteiger partial charge in [0, 0.05) is 5.54 Å². The molecule has 0 amide bonds. The highest BCUT2D eigenvalue weighted by Crippen LogP contribution is 2.59. The van der Waals surface area contributed by atoms with E-state index >= 15 is 0 Å². The molecule has 1 aromatic carbocycles. The van der Waals surface area contributed by atoms with Crippen molar-refractivity contribution in [1.82, 2.24) is 5.09 Å². The zero-order valence-electron chi connectivity index (χ0n) is 13.0. The zero-order valence-corrected chi connectivity index (χ0v) is 13.9. The summed E-state index contributed by atoms with van der Waals surface area (Å²) in [5.41, 5.74) is 3.09. The number of hydrogen-bond donors (Lipinski definition) is 1. The fourth-order valence-electron chi connectivity index (χ4n) is 2.40. The van der Waals surface area contributed by atoms with Gasteiger partial charge in [-0.1, -0.05) is 51.1 Å². The second kappa shape index (κ2) is 5.04. The molecule has 1 N–H and O–H groups in total. The van der Waals surface area contributed by atoms with E-state index in [2.05, 4.69) is 77.0 Å². The average Bonchev–Trinajstić information content (AvgIpc) is 2.66. The standard InChI is InChI=1S/C17H26NP/c1-16(2,3)18-19(17(4,5)6)15-12-11-13-9-7-8-10-14(13)15/h7-10,12,18H,11H2,1-6H3. The van der Waals surface area contributed by atoms with Crippen LogP contribution in [0.15, 0.2) is 30.3 Å². The molecular weight excluding hydrogens is 249 g/mol. The van der Waals surface area contributed by atoms with Gasteiger partial charge in [0.1, 0.15) is 0 Å². The van der Waals surface area contributed by atoms with Crippen LogP contribution in [0.3, 0.4) is 0 Å². The third kappa shape index (κ3) is 3.46. The number of benzene rings is 1. The molecule has 0 heterocycles. The molecule has 0 radical (unpaired) electrons. The van der Waals surface area contributed by atoms with Crippen molar-refractivity contribution in [1.29, 1.82) is 0 Å². The second-order valence-electron chi connectivity index (χ2n) is 7.32. The van der Waals surface area contributed by atoms with E-state index in [1.807, 2.05) is 0 Å². The fraction of sp³-hybridized carbons (Fsp3) is 0.529. The Bertz CT molecular complexity index is 489. The SMILES string of the molecule is CC(C)(C)NP(C1=CCc2ccccc21)C(C)(C)C. The van der Waals surface area contributed by atoms with Crippen molar-refractivity contribution in [3.05, 3.63) is 41.5 Å². The summed E-state index contributed by atoms with van der Waals surface area (Å²) in [6.07, 6.45) is 3.52. The molecule has 0 saturated heterocycles. The lowest BCUT2D eigenvalue weighted by Gasteiger charge is -2.38. The maximum absolute atomic E-state index is 3.88. The first-order valence-electron chi connectivity index (χ1n) is 7.05. The van der Waals surface area contributed by atoms with Crippen molar-refractivity contribution in [3.63, 3.8) is 0 Å². The summed E-state index contributed by atoms with van der Waals surface area (Å²) in [5, 5.41) is 5.68. The number of fused-ring (bicyclic) bond motifs is 1. The van der Waals surface area contributed by atoms with E-state index < -0.39 is 0 Å². The van der Waals surface area contributed by atoms with Gasteiger partial charge in [-0.3, -0.25) is 5.09 Å². The lowest BCUT2D eigenvalue weighted by atomic mass is 10.1. The van der Waals surface area contributed by atoms with Crippen molar-refractivity contribution < 1.29 is 0 Å². The maximum Gasteiger partial charge on any atom is 0.0136 e. The van der Waals surface area contributed by atoms with Gasteiger partial charge < -0.3 is 0 Å². The van der Waals surface area contributed by atoms with Crippen LogP contribution in [-0.2, 0) is 6.42 Å².